The first-order valence-corrected chi connectivity index (χ1v) is 6.60. The van der Waals surface area contributed by atoms with Gasteiger partial charge in [-0.25, -0.2) is 4.98 Å². The highest BCUT2D eigenvalue weighted by atomic mass is 32.1. The van der Waals surface area contributed by atoms with Gasteiger partial charge < -0.3 is 11.1 Å². The van der Waals surface area contributed by atoms with Gasteiger partial charge in [-0.2, -0.15) is 0 Å². The molecule has 0 spiro atoms. The van der Waals surface area contributed by atoms with Crippen molar-refractivity contribution in [1.82, 2.24) is 4.98 Å². The Bertz CT molecular complexity index is 668. The molecule has 104 valence electrons. The molecule has 0 aliphatic heterocycles. The Hall–Kier alpha value is -2.32. The average molecular weight is 292 g/mol. The zero-order valence-electron chi connectivity index (χ0n) is 10.6. The number of anilines is 1. The SMILES string of the molecule is Cc1ccc([N+](=O)[O-])cc1NC(=O)c1csc(CN)n1. The predicted molar refractivity (Wildman–Crippen MR) is 75.8 cm³/mol. The summed E-state index contributed by atoms with van der Waals surface area (Å²) in [6.07, 6.45) is 0. The van der Waals surface area contributed by atoms with Crippen LogP contribution in [0.15, 0.2) is 23.6 Å². The number of carbonyl (C=O) groups is 1. The van der Waals surface area contributed by atoms with E-state index >= 15 is 0 Å². The summed E-state index contributed by atoms with van der Waals surface area (Å²) in [6.45, 7) is 2.03. The first-order valence-electron chi connectivity index (χ1n) is 5.72. The number of aromatic nitrogens is 1. The molecule has 0 radical (unpaired) electrons. The van der Waals surface area contributed by atoms with Gasteiger partial charge in [0.2, 0.25) is 0 Å². The van der Waals surface area contributed by atoms with Gasteiger partial charge in [0.15, 0.2) is 0 Å². The molecule has 7 nitrogen and oxygen atoms in total. The highest BCUT2D eigenvalue weighted by Gasteiger charge is 2.14. The van der Waals surface area contributed by atoms with Crippen molar-refractivity contribution in [3.8, 4) is 0 Å². The molecular weight excluding hydrogens is 280 g/mol. The van der Waals surface area contributed by atoms with Crippen LogP contribution in [0.25, 0.3) is 0 Å². The van der Waals surface area contributed by atoms with Crippen LogP contribution in [0, 0.1) is 17.0 Å². The third kappa shape index (κ3) is 2.98. The molecular formula is C12H12N4O3S. The van der Waals surface area contributed by atoms with E-state index in [1.54, 1.807) is 18.4 Å². The number of benzene rings is 1. The van der Waals surface area contributed by atoms with E-state index in [0.29, 0.717) is 10.7 Å². The second kappa shape index (κ2) is 5.76. The lowest BCUT2D eigenvalue weighted by Crippen LogP contribution is -2.13. The number of nitrogens with two attached hydrogens (primary N) is 1. The van der Waals surface area contributed by atoms with Gasteiger partial charge in [-0.3, -0.25) is 14.9 Å². The van der Waals surface area contributed by atoms with Crippen LogP contribution in [-0.4, -0.2) is 15.8 Å². The number of aryl methyl sites for hydroxylation is 1. The van der Waals surface area contributed by atoms with E-state index in [9.17, 15) is 14.9 Å². The Morgan fingerprint density at radius 1 is 1.55 bits per heavy atom. The van der Waals surface area contributed by atoms with Gasteiger partial charge in [0.25, 0.3) is 11.6 Å². The Morgan fingerprint density at radius 2 is 2.30 bits per heavy atom. The van der Waals surface area contributed by atoms with E-state index in [2.05, 4.69) is 10.3 Å². The number of nitrogens with one attached hydrogen (secondary N) is 1. The van der Waals surface area contributed by atoms with Crippen LogP contribution in [-0.2, 0) is 6.54 Å². The van der Waals surface area contributed by atoms with E-state index in [4.69, 9.17) is 5.73 Å². The van der Waals surface area contributed by atoms with Crippen LogP contribution < -0.4 is 11.1 Å². The molecule has 8 heteroatoms. The molecule has 0 fully saturated rings. The molecule has 0 bridgehead atoms. The standard InChI is InChI=1S/C12H12N4O3S/c1-7-2-3-8(16(18)19)4-9(7)15-12(17)10-6-20-11(5-13)14-10/h2-4,6H,5,13H2,1H3,(H,15,17). The molecule has 1 amide bonds. The first-order chi connectivity index (χ1) is 9.51. The van der Waals surface area contributed by atoms with Crippen LogP contribution in [0.3, 0.4) is 0 Å². The molecule has 1 heterocycles. The first kappa shape index (κ1) is 14.1. The van der Waals surface area contributed by atoms with Crippen LogP contribution in [0.2, 0.25) is 0 Å². The van der Waals surface area contributed by atoms with E-state index in [1.807, 2.05) is 0 Å². The fourth-order valence-corrected chi connectivity index (χ4v) is 2.21. The molecule has 0 aliphatic rings. The summed E-state index contributed by atoms with van der Waals surface area (Å²) in [7, 11) is 0. The second-order valence-electron chi connectivity index (χ2n) is 4.04. The van der Waals surface area contributed by atoms with E-state index in [1.165, 1.54) is 23.5 Å². The number of nitro groups is 1. The van der Waals surface area contributed by atoms with Crippen molar-refractivity contribution < 1.29 is 9.72 Å². The van der Waals surface area contributed by atoms with E-state index in [0.717, 1.165) is 5.56 Å². The van der Waals surface area contributed by atoms with Gasteiger partial charge in [-0.1, -0.05) is 6.07 Å². The van der Waals surface area contributed by atoms with Gasteiger partial charge >= 0.3 is 0 Å². The zero-order valence-corrected chi connectivity index (χ0v) is 11.4. The molecule has 1 aromatic heterocycles. The van der Waals surface area contributed by atoms with Crippen LogP contribution in [0.1, 0.15) is 21.1 Å². The number of rotatable bonds is 4. The summed E-state index contributed by atoms with van der Waals surface area (Å²) in [5, 5.41) is 15.6. The number of hydrogen-bond donors (Lipinski definition) is 2. The zero-order chi connectivity index (χ0) is 14.7. The molecule has 2 rings (SSSR count). The highest BCUT2D eigenvalue weighted by Crippen LogP contribution is 2.22. The van der Waals surface area contributed by atoms with E-state index in [-0.39, 0.29) is 17.9 Å². The minimum Gasteiger partial charge on any atom is -0.325 e. The molecule has 20 heavy (non-hydrogen) atoms. The van der Waals surface area contributed by atoms with Crippen molar-refractivity contribution in [3.05, 3.63) is 50.0 Å². The minimum atomic E-state index is -0.509. The number of nitrogens with zero attached hydrogens (tertiary/aromatic N) is 2. The number of carbonyl (C=O) groups excluding carboxylic acids is 1. The Morgan fingerprint density at radius 3 is 2.90 bits per heavy atom. The molecule has 3 N–H and O–H groups in total. The maximum Gasteiger partial charge on any atom is 0.275 e. The molecule has 0 saturated carbocycles. The Labute approximate surface area is 118 Å². The third-order valence-corrected chi connectivity index (χ3v) is 3.51. The summed E-state index contributed by atoms with van der Waals surface area (Å²) in [4.78, 5) is 26.3. The quantitative estimate of drug-likeness (QED) is 0.662. The number of hydrogen-bond acceptors (Lipinski definition) is 6. The summed E-state index contributed by atoms with van der Waals surface area (Å²) < 4.78 is 0. The monoisotopic (exact) mass is 292 g/mol. The second-order valence-corrected chi connectivity index (χ2v) is 4.98. The van der Waals surface area contributed by atoms with Crippen LogP contribution in [0.5, 0.6) is 0 Å². The Balaban J connectivity index is 2.22. The predicted octanol–water partition coefficient (Wildman–Crippen LogP) is 2.07. The van der Waals surface area contributed by atoms with E-state index < -0.39 is 10.8 Å². The van der Waals surface area contributed by atoms with Crippen molar-refractivity contribution in [1.29, 1.82) is 0 Å². The van der Waals surface area contributed by atoms with Gasteiger partial charge in [-0.05, 0) is 12.5 Å². The molecule has 2 aromatic rings. The molecule has 0 atom stereocenters. The molecule has 0 saturated heterocycles. The molecule has 1 aromatic carbocycles. The normalized spacial score (nSPS) is 10.3. The lowest BCUT2D eigenvalue weighted by molar-refractivity contribution is -0.384. The fourth-order valence-electron chi connectivity index (χ4n) is 1.55. The van der Waals surface area contributed by atoms with Crippen molar-refractivity contribution in [2.45, 2.75) is 13.5 Å². The molecule has 0 aliphatic carbocycles. The number of amides is 1. The number of thiazole rings is 1. The number of non-ortho nitro benzene ring substituents is 1. The minimum absolute atomic E-state index is 0.0770. The van der Waals surface area contributed by atoms with Crippen molar-refractivity contribution >= 4 is 28.6 Å². The van der Waals surface area contributed by atoms with Gasteiger partial charge in [0.1, 0.15) is 10.7 Å². The van der Waals surface area contributed by atoms with Crippen LogP contribution in [0.4, 0.5) is 11.4 Å². The number of nitro benzene ring substituents is 1. The highest BCUT2D eigenvalue weighted by molar-refractivity contribution is 7.09. The maximum absolute atomic E-state index is 12.0. The van der Waals surface area contributed by atoms with Crippen molar-refractivity contribution in [3.63, 3.8) is 0 Å². The van der Waals surface area contributed by atoms with Crippen molar-refractivity contribution in [2.24, 2.45) is 5.73 Å². The summed E-state index contributed by atoms with van der Waals surface area (Å²) in [6, 6.07) is 4.30. The van der Waals surface area contributed by atoms with Gasteiger partial charge in [0, 0.05) is 24.1 Å². The summed E-state index contributed by atoms with van der Waals surface area (Å²) >= 11 is 1.30. The smallest absolute Gasteiger partial charge is 0.275 e. The maximum atomic E-state index is 12.0. The summed E-state index contributed by atoms with van der Waals surface area (Å²) in [5.41, 5.74) is 6.74. The van der Waals surface area contributed by atoms with Crippen LogP contribution >= 0.6 is 11.3 Å². The fraction of sp³-hybridized carbons (Fsp3) is 0.167. The lowest BCUT2D eigenvalue weighted by Gasteiger charge is -2.06. The molecule has 0 unspecified atom stereocenters. The summed E-state index contributed by atoms with van der Waals surface area (Å²) in [5.74, 6) is -0.412. The lowest BCUT2D eigenvalue weighted by atomic mass is 10.2. The average Bonchev–Trinajstić information content (AvgIpc) is 2.89. The largest absolute Gasteiger partial charge is 0.325 e. The van der Waals surface area contributed by atoms with Crippen molar-refractivity contribution in [2.75, 3.05) is 5.32 Å². The van der Waals surface area contributed by atoms with Gasteiger partial charge in [-0.15, -0.1) is 11.3 Å². The topological polar surface area (TPSA) is 111 Å². The van der Waals surface area contributed by atoms with Gasteiger partial charge in [0.05, 0.1) is 10.6 Å². The Kier molecular flexibility index (Phi) is 4.06. The third-order valence-electron chi connectivity index (χ3n) is 2.64.